The lowest BCUT2D eigenvalue weighted by molar-refractivity contribution is -0.137. The minimum Gasteiger partial charge on any atom is -0.355 e. The predicted molar refractivity (Wildman–Crippen MR) is 124 cm³/mol. The molecule has 10 heteroatoms. The number of carbonyl (C=O) groups excluding carboxylic acids is 1. The molecule has 0 spiro atoms. The molecule has 2 aromatic heterocycles. The zero-order chi connectivity index (χ0) is 24.5. The molecule has 0 N–H and O–H groups in total. The van der Waals surface area contributed by atoms with E-state index >= 15 is 0 Å². The Bertz CT molecular complexity index is 1020. The van der Waals surface area contributed by atoms with Crippen LogP contribution in [-0.4, -0.2) is 65.0 Å². The van der Waals surface area contributed by atoms with Crippen LogP contribution in [0.15, 0.2) is 24.4 Å². The third kappa shape index (κ3) is 5.26. The van der Waals surface area contributed by atoms with Crippen molar-refractivity contribution < 1.29 is 18.0 Å². The van der Waals surface area contributed by atoms with E-state index in [1.165, 1.54) is 12.3 Å². The Hall–Kier alpha value is -2.91. The van der Waals surface area contributed by atoms with E-state index in [-0.39, 0.29) is 30.1 Å². The zero-order valence-corrected chi connectivity index (χ0v) is 19.8. The van der Waals surface area contributed by atoms with Gasteiger partial charge in [-0.25, -0.2) is 15.0 Å². The van der Waals surface area contributed by atoms with E-state index in [1.807, 2.05) is 17.9 Å². The SMILES string of the molecule is Cc1cc(N2CCN(C(=O)C3CCCN(c4ncccc4C(F)(F)F)C3)CC2)nc(C(C)C)n1. The molecule has 2 aliphatic heterocycles. The molecule has 1 amide bonds. The number of amides is 1. The van der Waals surface area contributed by atoms with E-state index in [1.54, 1.807) is 4.90 Å². The smallest absolute Gasteiger partial charge is 0.355 e. The first-order chi connectivity index (χ1) is 16.1. The molecular formula is C24H31F3N6O. The molecule has 1 unspecified atom stereocenters. The third-order valence-electron chi connectivity index (χ3n) is 6.45. The quantitative estimate of drug-likeness (QED) is 0.667. The number of piperazine rings is 1. The molecule has 184 valence electrons. The molecule has 0 aliphatic carbocycles. The first-order valence-electron chi connectivity index (χ1n) is 11.8. The first-order valence-corrected chi connectivity index (χ1v) is 11.8. The highest BCUT2D eigenvalue weighted by Crippen LogP contribution is 2.36. The number of halogens is 3. The summed E-state index contributed by atoms with van der Waals surface area (Å²) in [5, 5.41) is 0. The van der Waals surface area contributed by atoms with E-state index in [4.69, 9.17) is 4.98 Å². The lowest BCUT2D eigenvalue weighted by Crippen LogP contribution is -2.53. The summed E-state index contributed by atoms with van der Waals surface area (Å²) in [6, 6.07) is 4.31. The number of hydrogen-bond donors (Lipinski definition) is 0. The Balaban J connectivity index is 1.40. The number of nitrogens with zero attached hydrogens (tertiary/aromatic N) is 6. The van der Waals surface area contributed by atoms with Crippen molar-refractivity contribution in [2.45, 2.75) is 45.7 Å². The van der Waals surface area contributed by atoms with Crippen LogP contribution < -0.4 is 9.80 Å². The van der Waals surface area contributed by atoms with E-state index < -0.39 is 11.7 Å². The fourth-order valence-corrected chi connectivity index (χ4v) is 4.65. The van der Waals surface area contributed by atoms with Gasteiger partial charge in [0.05, 0.1) is 11.5 Å². The molecule has 2 fully saturated rings. The van der Waals surface area contributed by atoms with Gasteiger partial charge in [0.1, 0.15) is 17.5 Å². The first kappa shape index (κ1) is 24.2. The molecule has 0 saturated carbocycles. The number of aryl methyl sites for hydroxylation is 1. The normalized spacial score (nSPS) is 19.6. The Morgan fingerprint density at radius 3 is 2.50 bits per heavy atom. The fraction of sp³-hybridized carbons (Fsp3) is 0.583. The predicted octanol–water partition coefficient (Wildman–Crippen LogP) is 3.89. The summed E-state index contributed by atoms with van der Waals surface area (Å²) in [5.41, 5.74) is 0.167. The molecule has 7 nitrogen and oxygen atoms in total. The topological polar surface area (TPSA) is 65.5 Å². The van der Waals surface area contributed by atoms with Gasteiger partial charge in [0.2, 0.25) is 5.91 Å². The maximum Gasteiger partial charge on any atom is 0.419 e. The van der Waals surface area contributed by atoms with Crippen molar-refractivity contribution in [1.82, 2.24) is 19.9 Å². The van der Waals surface area contributed by atoms with Gasteiger partial charge in [-0.1, -0.05) is 13.8 Å². The summed E-state index contributed by atoms with van der Waals surface area (Å²) < 4.78 is 40.4. The second-order valence-electron chi connectivity index (χ2n) is 9.35. The van der Waals surface area contributed by atoms with E-state index in [0.717, 1.165) is 23.4 Å². The summed E-state index contributed by atoms with van der Waals surface area (Å²) in [5.74, 6) is 1.50. The molecule has 2 aliphatic rings. The van der Waals surface area contributed by atoms with Crippen LogP contribution >= 0.6 is 0 Å². The molecular weight excluding hydrogens is 445 g/mol. The van der Waals surface area contributed by atoms with Gasteiger partial charge < -0.3 is 14.7 Å². The lowest BCUT2D eigenvalue weighted by atomic mass is 9.95. The molecule has 4 heterocycles. The number of piperidine rings is 1. The summed E-state index contributed by atoms with van der Waals surface area (Å²) in [6.07, 6.45) is -1.78. The van der Waals surface area contributed by atoms with Crippen LogP contribution in [0.2, 0.25) is 0 Å². The van der Waals surface area contributed by atoms with Gasteiger partial charge in [-0.3, -0.25) is 4.79 Å². The highest BCUT2D eigenvalue weighted by Gasteiger charge is 2.38. The third-order valence-corrected chi connectivity index (χ3v) is 6.45. The van der Waals surface area contributed by atoms with Crippen LogP contribution in [0.1, 0.15) is 49.7 Å². The number of rotatable bonds is 4. The summed E-state index contributed by atoms with van der Waals surface area (Å²) in [7, 11) is 0. The van der Waals surface area contributed by atoms with Gasteiger partial charge in [0.25, 0.3) is 0 Å². The lowest BCUT2D eigenvalue weighted by Gasteiger charge is -2.40. The van der Waals surface area contributed by atoms with Gasteiger partial charge in [-0.15, -0.1) is 0 Å². The van der Waals surface area contributed by atoms with Crippen molar-refractivity contribution in [1.29, 1.82) is 0 Å². The van der Waals surface area contributed by atoms with E-state index in [0.29, 0.717) is 45.6 Å². The minimum atomic E-state index is -4.48. The Morgan fingerprint density at radius 1 is 1.09 bits per heavy atom. The summed E-state index contributed by atoms with van der Waals surface area (Å²) in [6.45, 7) is 9.24. The van der Waals surface area contributed by atoms with Gasteiger partial charge in [-0.05, 0) is 31.9 Å². The van der Waals surface area contributed by atoms with Crippen molar-refractivity contribution in [3.63, 3.8) is 0 Å². The minimum absolute atomic E-state index is 0.00979. The molecule has 1 atom stereocenters. The van der Waals surface area contributed by atoms with Crippen LogP contribution in [0.4, 0.5) is 24.8 Å². The van der Waals surface area contributed by atoms with Crippen molar-refractivity contribution in [2.75, 3.05) is 49.1 Å². The number of hydrogen-bond acceptors (Lipinski definition) is 6. The molecule has 34 heavy (non-hydrogen) atoms. The molecule has 0 radical (unpaired) electrons. The van der Waals surface area contributed by atoms with Gasteiger partial charge >= 0.3 is 6.18 Å². The summed E-state index contributed by atoms with van der Waals surface area (Å²) >= 11 is 0. The van der Waals surface area contributed by atoms with Crippen molar-refractivity contribution in [3.05, 3.63) is 41.5 Å². The maximum absolute atomic E-state index is 13.5. The van der Waals surface area contributed by atoms with Gasteiger partial charge in [-0.2, -0.15) is 13.2 Å². The largest absolute Gasteiger partial charge is 0.419 e. The van der Waals surface area contributed by atoms with Gasteiger partial charge in [0.15, 0.2) is 0 Å². The Labute approximate surface area is 198 Å². The second-order valence-corrected chi connectivity index (χ2v) is 9.35. The average Bonchev–Trinajstić information content (AvgIpc) is 2.83. The number of aromatic nitrogens is 3. The maximum atomic E-state index is 13.5. The van der Waals surface area contributed by atoms with Crippen LogP contribution in [0.5, 0.6) is 0 Å². The van der Waals surface area contributed by atoms with E-state index in [9.17, 15) is 18.0 Å². The van der Waals surface area contributed by atoms with Crippen molar-refractivity contribution in [3.8, 4) is 0 Å². The van der Waals surface area contributed by atoms with Crippen LogP contribution in [0.3, 0.4) is 0 Å². The fourth-order valence-electron chi connectivity index (χ4n) is 4.65. The highest BCUT2D eigenvalue weighted by molar-refractivity contribution is 5.80. The Kier molecular flexibility index (Phi) is 6.95. The monoisotopic (exact) mass is 476 g/mol. The average molecular weight is 477 g/mol. The van der Waals surface area contributed by atoms with Crippen molar-refractivity contribution in [2.24, 2.45) is 5.92 Å². The molecule has 2 saturated heterocycles. The molecule has 0 bridgehead atoms. The summed E-state index contributed by atoms with van der Waals surface area (Å²) in [4.78, 5) is 32.1. The number of alkyl halides is 3. The molecule has 0 aromatic carbocycles. The zero-order valence-electron chi connectivity index (χ0n) is 19.8. The number of carbonyl (C=O) groups is 1. The molecule has 4 rings (SSSR count). The van der Waals surface area contributed by atoms with Crippen LogP contribution in [0, 0.1) is 12.8 Å². The van der Waals surface area contributed by atoms with Crippen LogP contribution in [-0.2, 0) is 11.0 Å². The van der Waals surface area contributed by atoms with E-state index in [2.05, 4.69) is 28.7 Å². The Morgan fingerprint density at radius 2 is 1.82 bits per heavy atom. The highest BCUT2D eigenvalue weighted by atomic mass is 19.4. The van der Waals surface area contributed by atoms with Crippen LogP contribution in [0.25, 0.3) is 0 Å². The number of pyridine rings is 1. The van der Waals surface area contributed by atoms with Crippen molar-refractivity contribution >= 4 is 17.5 Å². The number of anilines is 2. The molecule has 2 aromatic rings. The standard InChI is InChI=1S/C24H31F3N6O/c1-16(2)21-29-17(3)14-20(30-21)31-10-12-32(13-11-31)23(34)18-6-5-9-33(15-18)22-19(24(25,26)27)7-4-8-28-22/h4,7-8,14,16,18H,5-6,9-13,15H2,1-3H3. The van der Waals surface area contributed by atoms with Gasteiger partial charge in [0, 0.05) is 63.1 Å². The second kappa shape index (κ2) is 9.76.